The van der Waals surface area contributed by atoms with Gasteiger partial charge in [0.15, 0.2) is 0 Å². The van der Waals surface area contributed by atoms with Crippen molar-refractivity contribution in [2.75, 3.05) is 47.9 Å². The van der Waals surface area contributed by atoms with Crippen molar-refractivity contribution in [2.45, 2.75) is 25.3 Å². The Balaban J connectivity index is 3.78. The molecule has 0 aliphatic carbocycles. The van der Waals surface area contributed by atoms with Crippen LogP contribution < -0.4 is 5.73 Å². The lowest BCUT2D eigenvalue weighted by Crippen LogP contribution is -2.42. The summed E-state index contributed by atoms with van der Waals surface area (Å²) in [6, 6.07) is -0.394. The third-order valence-corrected chi connectivity index (χ3v) is 2.66. The molecule has 0 aliphatic rings. The van der Waals surface area contributed by atoms with E-state index in [-0.39, 0.29) is 5.91 Å². The molecule has 0 saturated heterocycles. The molecule has 102 valence electrons. The van der Waals surface area contributed by atoms with Gasteiger partial charge >= 0.3 is 0 Å². The van der Waals surface area contributed by atoms with Gasteiger partial charge in [-0.05, 0) is 39.9 Å². The first-order valence-electron chi connectivity index (χ1n) is 6.13. The van der Waals surface area contributed by atoms with E-state index in [0.29, 0.717) is 13.0 Å². The van der Waals surface area contributed by atoms with Crippen LogP contribution in [-0.4, -0.2) is 69.7 Å². The molecule has 0 aliphatic heterocycles. The van der Waals surface area contributed by atoms with Crippen molar-refractivity contribution in [3.05, 3.63) is 0 Å². The normalized spacial score (nSPS) is 12.8. The number of carbonyl (C=O) groups is 1. The van der Waals surface area contributed by atoms with Crippen molar-refractivity contribution < 1.29 is 9.53 Å². The van der Waals surface area contributed by atoms with E-state index < -0.39 is 6.04 Å². The van der Waals surface area contributed by atoms with Crippen LogP contribution in [0.1, 0.15) is 19.3 Å². The molecule has 1 amide bonds. The molecular formula is C12H27N3O2. The van der Waals surface area contributed by atoms with Crippen molar-refractivity contribution in [1.82, 2.24) is 9.80 Å². The molecule has 2 N–H and O–H groups in total. The van der Waals surface area contributed by atoms with Crippen LogP contribution in [0.4, 0.5) is 0 Å². The largest absolute Gasteiger partial charge is 0.385 e. The molecule has 0 radical (unpaired) electrons. The number of ether oxygens (including phenoxy) is 1. The van der Waals surface area contributed by atoms with Crippen molar-refractivity contribution in [3.8, 4) is 0 Å². The van der Waals surface area contributed by atoms with Gasteiger partial charge in [0.25, 0.3) is 0 Å². The molecule has 1 atom stereocenters. The van der Waals surface area contributed by atoms with E-state index in [1.807, 2.05) is 21.1 Å². The van der Waals surface area contributed by atoms with Crippen LogP contribution in [-0.2, 0) is 9.53 Å². The Bertz CT molecular complexity index is 210. The number of nitrogens with zero attached hydrogens (tertiary/aromatic N) is 2. The van der Waals surface area contributed by atoms with Crippen LogP contribution in [0.3, 0.4) is 0 Å². The van der Waals surface area contributed by atoms with Crippen LogP contribution in [0.15, 0.2) is 0 Å². The van der Waals surface area contributed by atoms with Crippen LogP contribution in [0.2, 0.25) is 0 Å². The molecule has 0 heterocycles. The first kappa shape index (κ1) is 16.4. The van der Waals surface area contributed by atoms with E-state index in [0.717, 1.165) is 25.9 Å². The Morgan fingerprint density at radius 2 is 1.88 bits per heavy atom. The highest BCUT2D eigenvalue weighted by molar-refractivity contribution is 5.81. The molecule has 17 heavy (non-hydrogen) atoms. The lowest BCUT2D eigenvalue weighted by Gasteiger charge is -2.22. The van der Waals surface area contributed by atoms with Gasteiger partial charge in [-0.1, -0.05) is 0 Å². The Morgan fingerprint density at radius 3 is 2.41 bits per heavy atom. The van der Waals surface area contributed by atoms with Gasteiger partial charge in [0.05, 0.1) is 6.04 Å². The summed E-state index contributed by atoms with van der Waals surface area (Å²) in [5, 5.41) is 0. The van der Waals surface area contributed by atoms with Gasteiger partial charge in [-0.3, -0.25) is 4.79 Å². The number of hydrogen-bond acceptors (Lipinski definition) is 4. The molecule has 0 aromatic carbocycles. The highest BCUT2D eigenvalue weighted by Gasteiger charge is 2.17. The summed E-state index contributed by atoms with van der Waals surface area (Å²) >= 11 is 0. The number of nitrogens with two attached hydrogens (primary N) is 1. The minimum Gasteiger partial charge on any atom is -0.385 e. The second kappa shape index (κ2) is 9.39. The van der Waals surface area contributed by atoms with Crippen LogP contribution in [0, 0.1) is 0 Å². The van der Waals surface area contributed by atoms with Gasteiger partial charge in [-0.25, -0.2) is 0 Å². The number of carbonyl (C=O) groups excluding carboxylic acids is 1. The Morgan fingerprint density at radius 1 is 1.24 bits per heavy atom. The summed E-state index contributed by atoms with van der Waals surface area (Å²) in [4.78, 5) is 15.7. The SMILES string of the molecule is COCCCC(N)C(=O)N(C)CCCN(C)C. The molecule has 0 bridgehead atoms. The smallest absolute Gasteiger partial charge is 0.239 e. The summed E-state index contributed by atoms with van der Waals surface area (Å²) < 4.78 is 4.94. The first-order chi connectivity index (χ1) is 7.99. The van der Waals surface area contributed by atoms with Crippen LogP contribution >= 0.6 is 0 Å². The maximum Gasteiger partial charge on any atom is 0.239 e. The molecule has 0 rings (SSSR count). The van der Waals surface area contributed by atoms with Gasteiger partial charge in [-0.15, -0.1) is 0 Å². The molecule has 0 fully saturated rings. The van der Waals surface area contributed by atoms with E-state index in [1.54, 1.807) is 12.0 Å². The van der Waals surface area contributed by atoms with Gasteiger partial charge < -0.3 is 20.3 Å². The predicted octanol–water partition coefficient (Wildman–Crippen LogP) is 0.150. The van der Waals surface area contributed by atoms with E-state index >= 15 is 0 Å². The lowest BCUT2D eigenvalue weighted by atomic mass is 10.1. The number of methoxy groups -OCH3 is 1. The number of likely N-dealkylation sites (N-methyl/N-ethyl adjacent to an activating group) is 1. The number of rotatable bonds is 9. The fourth-order valence-electron chi connectivity index (χ4n) is 1.59. The van der Waals surface area contributed by atoms with Crippen LogP contribution in [0.5, 0.6) is 0 Å². The Kier molecular flexibility index (Phi) is 9.03. The molecule has 0 spiro atoms. The van der Waals surface area contributed by atoms with Gasteiger partial charge in [-0.2, -0.15) is 0 Å². The van der Waals surface area contributed by atoms with E-state index in [2.05, 4.69) is 4.90 Å². The quantitative estimate of drug-likeness (QED) is 0.588. The molecular weight excluding hydrogens is 218 g/mol. The molecule has 0 aromatic rings. The Labute approximate surface area is 105 Å². The first-order valence-corrected chi connectivity index (χ1v) is 6.13. The van der Waals surface area contributed by atoms with E-state index in [1.165, 1.54) is 0 Å². The van der Waals surface area contributed by atoms with Crippen LogP contribution in [0.25, 0.3) is 0 Å². The number of amides is 1. The molecule has 0 saturated carbocycles. The molecule has 5 nitrogen and oxygen atoms in total. The lowest BCUT2D eigenvalue weighted by molar-refractivity contribution is -0.131. The second-order valence-electron chi connectivity index (χ2n) is 4.66. The van der Waals surface area contributed by atoms with Crippen molar-refractivity contribution >= 4 is 5.91 Å². The average Bonchev–Trinajstić information content (AvgIpc) is 2.27. The summed E-state index contributed by atoms with van der Waals surface area (Å²) in [6.45, 7) is 2.40. The summed E-state index contributed by atoms with van der Waals surface area (Å²) in [6.07, 6.45) is 2.49. The second-order valence-corrected chi connectivity index (χ2v) is 4.66. The minimum absolute atomic E-state index is 0.0276. The van der Waals surface area contributed by atoms with Crippen molar-refractivity contribution in [2.24, 2.45) is 5.73 Å². The topological polar surface area (TPSA) is 58.8 Å². The van der Waals surface area contributed by atoms with E-state index in [4.69, 9.17) is 10.5 Å². The standard InChI is InChI=1S/C12H27N3O2/c1-14(2)8-6-9-15(3)12(16)11(13)7-5-10-17-4/h11H,5-10,13H2,1-4H3. The van der Waals surface area contributed by atoms with Crippen molar-refractivity contribution in [3.63, 3.8) is 0 Å². The maximum absolute atomic E-state index is 11.9. The minimum atomic E-state index is -0.394. The maximum atomic E-state index is 11.9. The van der Waals surface area contributed by atoms with Gasteiger partial charge in [0.2, 0.25) is 5.91 Å². The van der Waals surface area contributed by atoms with Gasteiger partial charge in [0.1, 0.15) is 0 Å². The zero-order chi connectivity index (χ0) is 13.3. The zero-order valence-corrected chi connectivity index (χ0v) is 11.6. The fraction of sp³-hybridized carbons (Fsp3) is 0.917. The Hall–Kier alpha value is -0.650. The predicted molar refractivity (Wildman–Crippen MR) is 69.9 cm³/mol. The third-order valence-electron chi connectivity index (χ3n) is 2.66. The monoisotopic (exact) mass is 245 g/mol. The summed E-state index contributed by atoms with van der Waals surface area (Å²) in [5.74, 6) is 0.0276. The molecule has 0 aromatic heterocycles. The van der Waals surface area contributed by atoms with Crippen molar-refractivity contribution in [1.29, 1.82) is 0 Å². The average molecular weight is 245 g/mol. The van der Waals surface area contributed by atoms with Gasteiger partial charge in [0, 0.05) is 27.3 Å². The third kappa shape index (κ3) is 8.12. The zero-order valence-electron chi connectivity index (χ0n) is 11.6. The highest BCUT2D eigenvalue weighted by atomic mass is 16.5. The fourth-order valence-corrected chi connectivity index (χ4v) is 1.59. The molecule has 5 heteroatoms. The van der Waals surface area contributed by atoms with E-state index in [9.17, 15) is 4.79 Å². The highest BCUT2D eigenvalue weighted by Crippen LogP contribution is 2.00. The molecule has 1 unspecified atom stereocenters. The summed E-state index contributed by atoms with van der Waals surface area (Å²) in [5.41, 5.74) is 5.83. The number of hydrogen-bond donors (Lipinski definition) is 1. The summed E-state index contributed by atoms with van der Waals surface area (Å²) in [7, 11) is 7.52.